The van der Waals surface area contributed by atoms with Gasteiger partial charge in [0.05, 0.1) is 12.0 Å². The van der Waals surface area contributed by atoms with Crippen LogP contribution >= 0.6 is 0 Å². The lowest BCUT2D eigenvalue weighted by molar-refractivity contribution is -0.139. The molecule has 114 valence electrons. The lowest BCUT2D eigenvalue weighted by atomic mass is 9.79. The summed E-state index contributed by atoms with van der Waals surface area (Å²) < 4.78 is 5.35. The number of hydrogen-bond donors (Lipinski definition) is 2. The second-order valence-corrected chi connectivity index (χ2v) is 5.68. The minimum Gasteiger partial charge on any atom is -0.481 e. The molecule has 1 aliphatic carbocycles. The van der Waals surface area contributed by atoms with Gasteiger partial charge in [-0.15, -0.1) is 0 Å². The number of carboxylic acid groups (broad SMARTS) is 1. The number of furan rings is 1. The summed E-state index contributed by atoms with van der Waals surface area (Å²) in [6, 6.07) is 3.61. The van der Waals surface area contributed by atoms with Crippen LogP contribution in [-0.4, -0.2) is 22.5 Å². The van der Waals surface area contributed by atoms with E-state index in [4.69, 9.17) is 9.52 Å². The molecule has 0 saturated heterocycles. The van der Waals surface area contributed by atoms with Crippen molar-refractivity contribution in [3.63, 3.8) is 0 Å². The third-order valence-electron chi connectivity index (χ3n) is 3.85. The van der Waals surface area contributed by atoms with E-state index in [1.165, 1.54) is 6.08 Å². The second-order valence-electron chi connectivity index (χ2n) is 5.68. The molecule has 1 aliphatic rings. The molecule has 2 N–H and O–H groups in total. The molecule has 0 bridgehead atoms. The highest BCUT2D eigenvalue weighted by Crippen LogP contribution is 2.31. The Hall–Kier alpha value is -2.04. The SMILES string of the molecule is Cc1ccc(C=CC(=O)NC2(CC(=O)O)CCCCC2)o1. The maximum atomic E-state index is 12.0. The fourth-order valence-electron chi connectivity index (χ4n) is 2.87. The summed E-state index contributed by atoms with van der Waals surface area (Å²) in [5.41, 5.74) is -0.607. The summed E-state index contributed by atoms with van der Waals surface area (Å²) in [6.45, 7) is 1.83. The molecule has 1 aromatic rings. The number of aliphatic carboxylic acids is 1. The fourth-order valence-corrected chi connectivity index (χ4v) is 2.87. The monoisotopic (exact) mass is 291 g/mol. The van der Waals surface area contributed by atoms with Crippen molar-refractivity contribution in [2.45, 2.75) is 51.0 Å². The highest BCUT2D eigenvalue weighted by Gasteiger charge is 2.35. The van der Waals surface area contributed by atoms with Gasteiger partial charge in [-0.2, -0.15) is 0 Å². The number of carbonyl (C=O) groups excluding carboxylic acids is 1. The Morgan fingerprint density at radius 2 is 2.05 bits per heavy atom. The zero-order chi connectivity index (χ0) is 15.3. The number of rotatable bonds is 5. The molecule has 5 nitrogen and oxygen atoms in total. The molecule has 5 heteroatoms. The van der Waals surface area contributed by atoms with Gasteiger partial charge in [-0.1, -0.05) is 19.3 Å². The van der Waals surface area contributed by atoms with E-state index in [2.05, 4.69) is 5.32 Å². The summed E-state index contributed by atoms with van der Waals surface area (Å²) in [6.07, 6.45) is 7.42. The van der Waals surface area contributed by atoms with Gasteiger partial charge in [-0.05, 0) is 38.0 Å². The van der Waals surface area contributed by atoms with Gasteiger partial charge >= 0.3 is 5.97 Å². The highest BCUT2D eigenvalue weighted by molar-refractivity contribution is 5.92. The molecule has 0 aliphatic heterocycles. The van der Waals surface area contributed by atoms with Gasteiger partial charge in [0.2, 0.25) is 5.91 Å². The number of nitrogens with one attached hydrogen (secondary N) is 1. The summed E-state index contributed by atoms with van der Waals surface area (Å²) in [7, 11) is 0. The largest absolute Gasteiger partial charge is 0.481 e. The van der Waals surface area contributed by atoms with E-state index in [0.717, 1.165) is 37.9 Å². The highest BCUT2D eigenvalue weighted by atomic mass is 16.4. The van der Waals surface area contributed by atoms with Gasteiger partial charge in [-0.3, -0.25) is 9.59 Å². The Labute approximate surface area is 124 Å². The minimum absolute atomic E-state index is 0.0214. The van der Waals surface area contributed by atoms with Crippen LogP contribution in [0.15, 0.2) is 22.6 Å². The first-order chi connectivity index (χ1) is 9.99. The predicted molar refractivity (Wildman–Crippen MR) is 78.7 cm³/mol. The van der Waals surface area contributed by atoms with Gasteiger partial charge in [0.15, 0.2) is 0 Å². The van der Waals surface area contributed by atoms with Crippen LogP contribution in [0.1, 0.15) is 50.0 Å². The van der Waals surface area contributed by atoms with Crippen LogP contribution < -0.4 is 5.32 Å². The molecule has 0 radical (unpaired) electrons. The molecule has 1 saturated carbocycles. The van der Waals surface area contributed by atoms with Crippen LogP contribution in [0.4, 0.5) is 0 Å². The third-order valence-corrected chi connectivity index (χ3v) is 3.85. The van der Waals surface area contributed by atoms with E-state index in [1.807, 2.05) is 13.0 Å². The van der Waals surface area contributed by atoms with E-state index in [1.54, 1.807) is 12.1 Å². The summed E-state index contributed by atoms with van der Waals surface area (Å²) in [5, 5.41) is 12.0. The first kappa shape index (κ1) is 15.4. The van der Waals surface area contributed by atoms with Gasteiger partial charge in [0.1, 0.15) is 11.5 Å². The zero-order valence-electron chi connectivity index (χ0n) is 12.2. The van der Waals surface area contributed by atoms with Crippen molar-refractivity contribution in [1.29, 1.82) is 0 Å². The molecule has 0 unspecified atom stereocenters. The van der Waals surface area contributed by atoms with Crippen LogP contribution in [0.3, 0.4) is 0 Å². The van der Waals surface area contributed by atoms with Crippen LogP contribution in [0, 0.1) is 6.92 Å². The van der Waals surface area contributed by atoms with Crippen LogP contribution in [0.2, 0.25) is 0 Å². The maximum absolute atomic E-state index is 12.0. The molecule has 1 amide bonds. The normalized spacial score (nSPS) is 17.8. The predicted octanol–water partition coefficient (Wildman–Crippen LogP) is 2.90. The molecule has 0 spiro atoms. The van der Waals surface area contributed by atoms with E-state index < -0.39 is 11.5 Å². The van der Waals surface area contributed by atoms with E-state index in [-0.39, 0.29) is 12.3 Å². The van der Waals surface area contributed by atoms with Crippen molar-refractivity contribution in [3.8, 4) is 0 Å². The van der Waals surface area contributed by atoms with E-state index in [9.17, 15) is 9.59 Å². The van der Waals surface area contributed by atoms with E-state index >= 15 is 0 Å². The first-order valence-electron chi connectivity index (χ1n) is 7.28. The number of carboxylic acids is 1. The number of hydrogen-bond acceptors (Lipinski definition) is 3. The van der Waals surface area contributed by atoms with Crippen molar-refractivity contribution in [2.75, 3.05) is 0 Å². The van der Waals surface area contributed by atoms with Crippen molar-refractivity contribution in [1.82, 2.24) is 5.32 Å². The number of aryl methyl sites for hydroxylation is 1. The summed E-state index contributed by atoms with van der Waals surface area (Å²) in [5.74, 6) is 0.248. The van der Waals surface area contributed by atoms with Crippen LogP contribution in [0.25, 0.3) is 6.08 Å². The second kappa shape index (κ2) is 6.61. The molecule has 1 heterocycles. The first-order valence-corrected chi connectivity index (χ1v) is 7.28. The molecule has 1 aromatic heterocycles. The third kappa shape index (κ3) is 4.48. The number of carbonyl (C=O) groups is 2. The number of amides is 1. The zero-order valence-corrected chi connectivity index (χ0v) is 12.2. The molecular formula is C16H21NO4. The quantitative estimate of drug-likeness (QED) is 0.817. The molecule has 0 aromatic carbocycles. The van der Waals surface area contributed by atoms with Crippen molar-refractivity contribution < 1.29 is 19.1 Å². The molecule has 0 atom stereocenters. The Bertz CT molecular complexity index is 538. The molecule has 21 heavy (non-hydrogen) atoms. The Kier molecular flexibility index (Phi) is 4.83. The van der Waals surface area contributed by atoms with Gasteiger partial charge < -0.3 is 14.8 Å². The average molecular weight is 291 g/mol. The smallest absolute Gasteiger partial charge is 0.305 e. The lowest BCUT2D eigenvalue weighted by Gasteiger charge is -2.36. The van der Waals surface area contributed by atoms with Crippen molar-refractivity contribution >= 4 is 18.0 Å². The van der Waals surface area contributed by atoms with Gasteiger partial charge in [0.25, 0.3) is 0 Å². The Morgan fingerprint density at radius 3 is 2.62 bits per heavy atom. The van der Waals surface area contributed by atoms with Gasteiger partial charge in [0, 0.05) is 6.08 Å². The van der Waals surface area contributed by atoms with E-state index in [0.29, 0.717) is 5.76 Å². The maximum Gasteiger partial charge on any atom is 0.305 e. The minimum atomic E-state index is -0.872. The molecule has 2 rings (SSSR count). The van der Waals surface area contributed by atoms with Crippen LogP contribution in [0.5, 0.6) is 0 Å². The topological polar surface area (TPSA) is 79.5 Å². The molecule has 1 fully saturated rings. The summed E-state index contributed by atoms with van der Waals surface area (Å²) in [4.78, 5) is 23.1. The molecular weight excluding hydrogens is 270 g/mol. The van der Waals surface area contributed by atoms with Crippen molar-refractivity contribution in [3.05, 3.63) is 29.7 Å². The van der Waals surface area contributed by atoms with Gasteiger partial charge in [-0.25, -0.2) is 0 Å². The Morgan fingerprint density at radius 1 is 1.33 bits per heavy atom. The lowest BCUT2D eigenvalue weighted by Crippen LogP contribution is -2.50. The van der Waals surface area contributed by atoms with Crippen molar-refractivity contribution in [2.24, 2.45) is 0 Å². The fraction of sp³-hybridized carbons (Fsp3) is 0.500. The van der Waals surface area contributed by atoms with Crippen LogP contribution in [-0.2, 0) is 9.59 Å². The average Bonchev–Trinajstić information content (AvgIpc) is 2.82. The standard InChI is InChI=1S/C16H21NO4/c1-12-5-6-13(21-12)7-8-14(18)17-16(11-15(19)20)9-3-2-4-10-16/h5-8H,2-4,9-11H2,1H3,(H,17,18)(H,19,20). The Balaban J connectivity index is 2.00. The summed E-state index contributed by atoms with van der Waals surface area (Å²) >= 11 is 0.